The molecule has 1 amide bonds. The van der Waals surface area contributed by atoms with E-state index in [2.05, 4.69) is 4.98 Å². The van der Waals surface area contributed by atoms with Crippen molar-refractivity contribution in [3.8, 4) is 11.5 Å². The Kier molecular flexibility index (Phi) is 5.92. The largest absolute Gasteiger partial charge is 0.497 e. The topological polar surface area (TPSA) is 89.0 Å². The second-order valence-electron chi connectivity index (χ2n) is 7.47. The molecule has 0 unspecified atom stereocenters. The van der Waals surface area contributed by atoms with Crippen molar-refractivity contribution in [1.29, 1.82) is 0 Å². The number of amides is 1. The van der Waals surface area contributed by atoms with Crippen molar-refractivity contribution in [2.24, 2.45) is 0 Å². The first-order valence-electron chi connectivity index (χ1n) is 10.0. The maximum atomic E-state index is 13.5. The molecule has 2 aromatic rings. The molecule has 0 radical (unpaired) electrons. The number of methoxy groups -OCH3 is 1. The number of rotatable bonds is 6. The smallest absolute Gasteiger partial charge is 0.244 e. The number of likely N-dealkylation sites (tertiary alicyclic amines) is 1. The van der Waals surface area contributed by atoms with Gasteiger partial charge in [0.15, 0.2) is 0 Å². The van der Waals surface area contributed by atoms with Crippen LogP contribution in [0, 0.1) is 0 Å². The van der Waals surface area contributed by atoms with E-state index in [1.54, 1.807) is 41.6 Å². The van der Waals surface area contributed by atoms with Crippen LogP contribution in [0.4, 0.5) is 0 Å². The molecule has 0 aliphatic carbocycles. The molecule has 160 valence electrons. The van der Waals surface area contributed by atoms with Crippen LogP contribution < -0.4 is 9.47 Å². The third-order valence-electron chi connectivity index (χ3n) is 5.51. The van der Waals surface area contributed by atoms with Crippen LogP contribution in [0.5, 0.6) is 11.5 Å². The van der Waals surface area contributed by atoms with Gasteiger partial charge in [-0.3, -0.25) is 9.78 Å². The first-order chi connectivity index (χ1) is 14.5. The SMILES string of the molecule is COc1cccc(S(=O)(=O)N2C[C@@H](Oc3cccnc3)C[C@H]2C(=O)N2CCCC2)c1. The number of sulfonamides is 1. The number of pyridine rings is 1. The van der Waals surface area contributed by atoms with Crippen LogP contribution in [0.15, 0.2) is 53.7 Å². The van der Waals surface area contributed by atoms with E-state index in [-0.39, 0.29) is 17.3 Å². The molecule has 8 nitrogen and oxygen atoms in total. The van der Waals surface area contributed by atoms with Gasteiger partial charge in [0.2, 0.25) is 15.9 Å². The monoisotopic (exact) mass is 431 g/mol. The van der Waals surface area contributed by atoms with Crippen molar-refractivity contribution in [2.75, 3.05) is 26.7 Å². The van der Waals surface area contributed by atoms with Crippen LogP contribution in [0.25, 0.3) is 0 Å². The van der Waals surface area contributed by atoms with E-state index < -0.39 is 22.2 Å². The lowest BCUT2D eigenvalue weighted by atomic mass is 10.2. The average molecular weight is 432 g/mol. The van der Waals surface area contributed by atoms with Crippen molar-refractivity contribution >= 4 is 15.9 Å². The Morgan fingerprint density at radius 3 is 2.60 bits per heavy atom. The highest BCUT2D eigenvalue weighted by atomic mass is 32.2. The summed E-state index contributed by atoms with van der Waals surface area (Å²) in [6, 6.07) is 9.03. The molecule has 3 heterocycles. The molecule has 1 aromatic heterocycles. The molecule has 4 rings (SSSR count). The summed E-state index contributed by atoms with van der Waals surface area (Å²) in [5.41, 5.74) is 0. The summed E-state index contributed by atoms with van der Waals surface area (Å²) in [5, 5.41) is 0. The summed E-state index contributed by atoms with van der Waals surface area (Å²) in [4.78, 5) is 19.1. The number of hydrogen-bond acceptors (Lipinski definition) is 6. The van der Waals surface area contributed by atoms with Crippen LogP contribution in [-0.2, 0) is 14.8 Å². The fourth-order valence-corrected chi connectivity index (χ4v) is 5.66. The normalized spacial score (nSPS) is 22.2. The van der Waals surface area contributed by atoms with Gasteiger partial charge < -0.3 is 14.4 Å². The zero-order valence-electron chi connectivity index (χ0n) is 16.8. The van der Waals surface area contributed by atoms with Gasteiger partial charge in [0.05, 0.1) is 24.7 Å². The molecular weight excluding hydrogens is 406 g/mol. The summed E-state index contributed by atoms with van der Waals surface area (Å²) in [5.74, 6) is 0.840. The standard InChI is InChI=1S/C21H25N3O5S/c1-28-16-6-4-8-19(12-16)30(26,27)24-15-18(29-17-7-5-9-22-14-17)13-20(24)21(25)23-10-2-3-11-23/h4-9,12,14,18,20H,2-3,10-11,13,15H2,1H3/t18-,20-/m0/s1. The molecule has 2 aliphatic rings. The fourth-order valence-electron chi connectivity index (χ4n) is 4.00. The van der Waals surface area contributed by atoms with Crippen molar-refractivity contribution in [3.63, 3.8) is 0 Å². The minimum atomic E-state index is -3.91. The molecule has 0 bridgehead atoms. The van der Waals surface area contributed by atoms with Gasteiger partial charge in [-0.25, -0.2) is 8.42 Å². The van der Waals surface area contributed by atoms with Crippen molar-refractivity contribution in [1.82, 2.24) is 14.2 Å². The van der Waals surface area contributed by atoms with Crippen molar-refractivity contribution < 1.29 is 22.7 Å². The predicted octanol–water partition coefficient (Wildman–Crippen LogP) is 1.92. The Hall–Kier alpha value is -2.65. The lowest BCUT2D eigenvalue weighted by Crippen LogP contribution is -2.46. The van der Waals surface area contributed by atoms with Crippen LogP contribution in [-0.4, -0.2) is 67.4 Å². The molecule has 30 heavy (non-hydrogen) atoms. The van der Waals surface area contributed by atoms with E-state index in [1.807, 2.05) is 0 Å². The summed E-state index contributed by atoms with van der Waals surface area (Å²) in [6.45, 7) is 1.42. The zero-order chi connectivity index (χ0) is 21.1. The Bertz CT molecular complexity index is 993. The number of carbonyl (C=O) groups is 1. The minimum absolute atomic E-state index is 0.0959. The number of hydrogen-bond donors (Lipinski definition) is 0. The first-order valence-corrected chi connectivity index (χ1v) is 11.4. The van der Waals surface area contributed by atoms with Crippen LogP contribution in [0.3, 0.4) is 0 Å². The maximum absolute atomic E-state index is 13.5. The summed E-state index contributed by atoms with van der Waals surface area (Å²) < 4.78 is 39.3. The average Bonchev–Trinajstić information content (AvgIpc) is 3.45. The van der Waals surface area contributed by atoms with Crippen LogP contribution in [0.2, 0.25) is 0 Å². The molecule has 2 atom stereocenters. The molecule has 9 heteroatoms. The van der Waals surface area contributed by atoms with Gasteiger partial charge in [-0.1, -0.05) is 6.07 Å². The Morgan fingerprint density at radius 1 is 1.13 bits per heavy atom. The highest BCUT2D eigenvalue weighted by Gasteiger charge is 2.46. The molecule has 0 spiro atoms. The van der Waals surface area contributed by atoms with E-state index in [0.29, 0.717) is 31.0 Å². The fraction of sp³-hybridized carbons (Fsp3) is 0.429. The highest BCUT2D eigenvalue weighted by Crippen LogP contribution is 2.31. The third kappa shape index (κ3) is 4.13. The number of ether oxygens (including phenoxy) is 2. The minimum Gasteiger partial charge on any atom is -0.497 e. The quantitative estimate of drug-likeness (QED) is 0.694. The van der Waals surface area contributed by atoms with E-state index >= 15 is 0 Å². The number of carbonyl (C=O) groups excluding carboxylic acids is 1. The van der Waals surface area contributed by atoms with Gasteiger partial charge in [-0.05, 0) is 37.1 Å². The van der Waals surface area contributed by atoms with Gasteiger partial charge >= 0.3 is 0 Å². The van der Waals surface area contributed by atoms with Gasteiger partial charge in [-0.15, -0.1) is 0 Å². The van der Waals surface area contributed by atoms with E-state index in [4.69, 9.17) is 9.47 Å². The Labute approximate surface area is 176 Å². The lowest BCUT2D eigenvalue weighted by molar-refractivity contribution is -0.133. The molecule has 2 aliphatic heterocycles. The van der Waals surface area contributed by atoms with E-state index in [1.165, 1.54) is 23.5 Å². The molecule has 1 aromatic carbocycles. The zero-order valence-corrected chi connectivity index (χ0v) is 17.6. The highest BCUT2D eigenvalue weighted by molar-refractivity contribution is 7.89. The summed E-state index contributed by atoms with van der Waals surface area (Å²) in [7, 11) is -2.42. The van der Waals surface area contributed by atoms with Gasteiger partial charge in [0, 0.05) is 31.8 Å². The third-order valence-corrected chi connectivity index (χ3v) is 7.38. The number of aromatic nitrogens is 1. The molecule has 0 N–H and O–H groups in total. The van der Waals surface area contributed by atoms with Crippen molar-refractivity contribution in [3.05, 3.63) is 48.8 Å². The van der Waals surface area contributed by atoms with Crippen LogP contribution in [0.1, 0.15) is 19.3 Å². The van der Waals surface area contributed by atoms with Gasteiger partial charge in [0.1, 0.15) is 23.6 Å². The second kappa shape index (κ2) is 8.61. The Balaban J connectivity index is 1.63. The van der Waals surface area contributed by atoms with E-state index in [0.717, 1.165) is 12.8 Å². The molecule has 2 saturated heterocycles. The predicted molar refractivity (Wildman–Crippen MR) is 110 cm³/mol. The van der Waals surface area contributed by atoms with Crippen LogP contribution >= 0.6 is 0 Å². The summed E-state index contributed by atoms with van der Waals surface area (Å²) in [6.07, 6.45) is 4.96. The van der Waals surface area contributed by atoms with E-state index in [9.17, 15) is 13.2 Å². The molecule has 2 fully saturated rings. The van der Waals surface area contributed by atoms with Gasteiger partial charge in [0.25, 0.3) is 0 Å². The lowest BCUT2D eigenvalue weighted by Gasteiger charge is -2.26. The maximum Gasteiger partial charge on any atom is 0.244 e. The molecular formula is C21H25N3O5S. The molecule has 0 saturated carbocycles. The number of benzene rings is 1. The Morgan fingerprint density at radius 2 is 1.90 bits per heavy atom. The van der Waals surface area contributed by atoms with Crippen molar-refractivity contribution in [2.45, 2.75) is 36.3 Å². The van der Waals surface area contributed by atoms with Gasteiger partial charge in [-0.2, -0.15) is 4.31 Å². The second-order valence-corrected chi connectivity index (χ2v) is 9.36. The first kappa shape index (κ1) is 20.6. The number of nitrogens with zero attached hydrogens (tertiary/aromatic N) is 3. The summed E-state index contributed by atoms with van der Waals surface area (Å²) >= 11 is 0.